The predicted octanol–water partition coefficient (Wildman–Crippen LogP) is 1.33. The van der Waals surface area contributed by atoms with E-state index in [-0.39, 0.29) is 5.91 Å². The van der Waals surface area contributed by atoms with Gasteiger partial charge in [-0.2, -0.15) is 0 Å². The van der Waals surface area contributed by atoms with Crippen molar-refractivity contribution in [1.82, 2.24) is 5.32 Å². The molecule has 1 aliphatic heterocycles. The Morgan fingerprint density at radius 2 is 2.06 bits per heavy atom. The number of carbonyl (C=O) groups excluding carboxylic acids is 1. The van der Waals surface area contributed by atoms with Gasteiger partial charge in [-0.3, -0.25) is 4.79 Å². The topological polar surface area (TPSA) is 64.4 Å². The van der Waals surface area contributed by atoms with Gasteiger partial charge in [-0.15, -0.1) is 0 Å². The molecule has 4 nitrogen and oxygen atoms in total. The van der Waals surface area contributed by atoms with E-state index in [2.05, 4.69) is 5.32 Å². The molecule has 0 aliphatic carbocycles. The molecule has 1 unspecified atom stereocenters. The van der Waals surface area contributed by atoms with E-state index >= 15 is 0 Å². The fourth-order valence-corrected chi connectivity index (χ4v) is 2.12. The predicted molar refractivity (Wildman–Crippen MR) is 69.8 cm³/mol. The molecule has 0 spiro atoms. The zero-order valence-corrected chi connectivity index (χ0v) is 10.7. The number of rotatable bonds is 4. The molecule has 1 fully saturated rings. The fourth-order valence-electron chi connectivity index (χ4n) is 2.12. The first-order valence-corrected chi connectivity index (χ1v) is 6.34. The van der Waals surface area contributed by atoms with Crippen LogP contribution in [-0.2, 0) is 22.6 Å². The lowest BCUT2D eigenvalue weighted by Crippen LogP contribution is -2.43. The highest BCUT2D eigenvalue weighted by Crippen LogP contribution is 2.25. The van der Waals surface area contributed by atoms with E-state index in [0.717, 1.165) is 24.0 Å². The molecule has 1 atom stereocenters. The molecule has 0 bridgehead atoms. The summed E-state index contributed by atoms with van der Waals surface area (Å²) in [6, 6.07) is 7.94. The first-order valence-electron chi connectivity index (χ1n) is 6.34. The van der Waals surface area contributed by atoms with Crippen LogP contribution in [0.5, 0.6) is 0 Å². The van der Waals surface area contributed by atoms with Gasteiger partial charge in [0, 0.05) is 19.7 Å². The molecule has 1 aromatic carbocycles. The van der Waals surface area contributed by atoms with Gasteiger partial charge in [0.05, 0.1) is 0 Å². The van der Waals surface area contributed by atoms with Crippen LogP contribution in [0, 0.1) is 0 Å². The van der Waals surface area contributed by atoms with Crippen molar-refractivity contribution >= 4 is 5.91 Å². The van der Waals surface area contributed by atoms with Crippen molar-refractivity contribution in [3.8, 4) is 0 Å². The highest BCUT2D eigenvalue weighted by atomic mass is 16.5. The zero-order valence-electron chi connectivity index (χ0n) is 10.7. The molecule has 1 aliphatic rings. The van der Waals surface area contributed by atoms with Crippen molar-refractivity contribution < 1.29 is 9.53 Å². The summed E-state index contributed by atoms with van der Waals surface area (Å²) in [5.41, 5.74) is 7.06. The standard InChI is InChI=1S/C14H20N2O2/c1-14(7-2-8-18-14)13(17)16-10-12-5-3-11(9-15)4-6-12/h3-6H,2,7-10,15H2,1H3,(H,16,17). The fraction of sp³-hybridized carbons (Fsp3) is 0.500. The van der Waals surface area contributed by atoms with Gasteiger partial charge in [0.25, 0.3) is 5.91 Å². The molecule has 0 radical (unpaired) electrons. The Balaban J connectivity index is 1.88. The molecule has 1 aromatic rings. The van der Waals surface area contributed by atoms with Crippen molar-refractivity contribution in [1.29, 1.82) is 0 Å². The number of carbonyl (C=O) groups is 1. The summed E-state index contributed by atoms with van der Waals surface area (Å²) in [5.74, 6) is -0.0251. The van der Waals surface area contributed by atoms with E-state index in [0.29, 0.717) is 19.7 Å². The Kier molecular flexibility index (Phi) is 3.99. The van der Waals surface area contributed by atoms with E-state index in [1.165, 1.54) is 0 Å². The van der Waals surface area contributed by atoms with Crippen molar-refractivity contribution in [3.63, 3.8) is 0 Å². The Hall–Kier alpha value is -1.39. The number of ether oxygens (including phenoxy) is 1. The minimum Gasteiger partial charge on any atom is -0.365 e. The number of hydrogen-bond donors (Lipinski definition) is 2. The number of hydrogen-bond acceptors (Lipinski definition) is 3. The smallest absolute Gasteiger partial charge is 0.252 e. The van der Waals surface area contributed by atoms with Crippen molar-refractivity contribution in [2.75, 3.05) is 6.61 Å². The minimum atomic E-state index is -0.642. The lowest BCUT2D eigenvalue weighted by molar-refractivity contribution is -0.139. The first-order chi connectivity index (χ1) is 8.64. The van der Waals surface area contributed by atoms with Gasteiger partial charge in [0.2, 0.25) is 0 Å². The van der Waals surface area contributed by atoms with E-state index in [1.54, 1.807) is 0 Å². The summed E-state index contributed by atoms with van der Waals surface area (Å²) >= 11 is 0. The van der Waals surface area contributed by atoms with E-state index in [9.17, 15) is 4.79 Å². The lowest BCUT2D eigenvalue weighted by Gasteiger charge is -2.21. The van der Waals surface area contributed by atoms with Crippen LogP contribution in [0.1, 0.15) is 30.9 Å². The third kappa shape index (κ3) is 2.89. The average molecular weight is 248 g/mol. The maximum atomic E-state index is 12.0. The Morgan fingerprint density at radius 1 is 1.39 bits per heavy atom. The van der Waals surface area contributed by atoms with Crippen LogP contribution in [0.25, 0.3) is 0 Å². The molecular formula is C14H20N2O2. The Morgan fingerprint density at radius 3 is 2.61 bits per heavy atom. The molecule has 3 N–H and O–H groups in total. The SMILES string of the molecule is CC1(C(=O)NCc2ccc(CN)cc2)CCCO1. The van der Waals surface area contributed by atoms with E-state index < -0.39 is 5.60 Å². The van der Waals surface area contributed by atoms with E-state index in [1.807, 2.05) is 31.2 Å². The summed E-state index contributed by atoms with van der Waals surface area (Å²) in [7, 11) is 0. The number of benzene rings is 1. The molecule has 0 saturated carbocycles. The van der Waals surface area contributed by atoms with Crippen LogP contribution in [0.3, 0.4) is 0 Å². The molecular weight excluding hydrogens is 228 g/mol. The molecule has 1 amide bonds. The van der Waals surface area contributed by atoms with Gasteiger partial charge < -0.3 is 15.8 Å². The second-order valence-electron chi connectivity index (χ2n) is 4.89. The van der Waals surface area contributed by atoms with Gasteiger partial charge in [-0.1, -0.05) is 24.3 Å². The van der Waals surface area contributed by atoms with Gasteiger partial charge in [0.15, 0.2) is 0 Å². The highest BCUT2D eigenvalue weighted by molar-refractivity contribution is 5.84. The molecule has 0 aromatic heterocycles. The molecule has 4 heteroatoms. The first kappa shape index (κ1) is 13.1. The second-order valence-corrected chi connectivity index (χ2v) is 4.89. The highest BCUT2D eigenvalue weighted by Gasteiger charge is 2.37. The van der Waals surface area contributed by atoms with Crippen molar-refractivity contribution in [2.45, 2.75) is 38.5 Å². The van der Waals surface area contributed by atoms with Crippen LogP contribution in [0.4, 0.5) is 0 Å². The summed E-state index contributed by atoms with van der Waals surface area (Å²) in [5, 5.41) is 2.92. The maximum Gasteiger partial charge on any atom is 0.252 e. The third-order valence-corrected chi connectivity index (χ3v) is 3.41. The maximum absolute atomic E-state index is 12.0. The number of nitrogens with one attached hydrogen (secondary N) is 1. The molecule has 18 heavy (non-hydrogen) atoms. The van der Waals surface area contributed by atoms with Crippen LogP contribution in [-0.4, -0.2) is 18.1 Å². The lowest BCUT2D eigenvalue weighted by atomic mass is 10.0. The van der Waals surface area contributed by atoms with Crippen molar-refractivity contribution in [3.05, 3.63) is 35.4 Å². The second kappa shape index (κ2) is 5.50. The van der Waals surface area contributed by atoms with Crippen LogP contribution in [0.2, 0.25) is 0 Å². The quantitative estimate of drug-likeness (QED) is 0.845. The molecule has 98 valence electrons. The number of nitrogens with two attached hydrogens (primary N) is 1. The van der Waals surface area contributed by atoms with Gasteiger partial charge in [-0.05, 0) is 30.9 Å². The summed E-state index contributed by atoms with van der Waals surface area (Å²) in [6.07, 6.45) is 1.75. The molecule has 2 rings (SSSR count). The number of amides is 1. The van der Waals surface area contributed by atoms with Crippen LogP contribution in [0.15, 0.2) is 24.3 Å². The monoisotopic (exact) mass is 248 g/mol. The summed E-state index contributed by atoms with van der Waals surface area (Å²) in [4.78, 5) is 12.0. The molecule has 1 saturated heterocycles. The molecule has 1 heterocycles. The van der Waals surface area contributed by atoms with E-state index in [4.69, 9.17) is 10.5 Å². The zero-order chi connectivity index (χ0) is 13.0. The van der Waals surface area contributed by atoms with Gasteiger partial charge >= 0.3 is 0 Å². The van der Waals surface area contributed by atoms with Crippen molar-refractivity contribution in [2.24, 2.45) is 5.73 Å². The van der Waals surface area contributed by atoms with Crippen LogP contribution < -0.4 is 11.1 Å². The third-order valence-electron chi connectivity index (χ3n) is 3.41. The normalized spacial score (nSPS) is 23.0. The Labute approximate surface area is 108 Å². The minimum absolute atomic E-state index is 0.0251. The average Bonchev–Trinajstić information content (AvgIpc) is 2.85. The summed E-state index contributed by atoms with van der Waals surface area (Å²) < 4.78 is 5.50. The summed E-state index contributed by atoms with van der Waals surface area (Å²) in [6.45, 7) is 3.60. The van der Waals surface area contributed by atoms with Gasteiger partial charge in [-0.25, -0.2) is 0 Å². The largest absolute Gasteiger partial charge is 0.365 e. The van der Waals surface area contributed by atoms with Gasteiger partial charge in [0.1, 0.15) is 5.60 Å². The Bertz CT molecular complexity index is 408. The van der Waals surface area contributed by atoms with Crippen LogP contribution >= 0.6 is 0 Å².